The molecule has 1 aromatic carbocycles. The van der Waals surface area contributed by atoms with Crippen molar-refractivity contribution in [3.8, 4) is 0 Å². The van der Waals surface area contributed by atoms with E-state index in [-0.39, 0.29) is 18.0 Å². The number of carbonyl (C=O) groups is 3. The second kappa shape index (κ2) is 17.3. The van der Waals surface area contributed by atoms with Gasteiger partial charge in [0.15, 0.2) is 6.29 Å². The number of benzene rings is 1. The Morgan fingerprint density at radius 2 is 1.64 bits per heavy atom. The maximum atomic E-state index is 11.0. The van der Waals surface area contributed by atoms with Gasteiger partial charge in [-0.2, -0.15) is 0 Å². The maximum Gasteiger partial charge on any atom is 0.333 e. The Balaban J connectivity index is 0.000000472. The molecule has 1 aliphatic rings. The Morgan fingerprint density at radius 3 is 2.09 bits per heavy atom. The summed E-state index contributed by atoms with van der Waals surface area (Å²) in [5.74, 6) is -1.14. The molecular weight excluding hydrogens is 428 g/mol. The van der Waals surface area contributed by atoms with Gasteiger partial charge in [-0.05, 0) is 33.3 Å². The van der Waals surface area contributed by atoms with E-state index in [9.17, 15) is 14.4 Å². The molecule has 8 nitrogen and oxygen atoms in total. The molecule has 0 bridgehead atoms. The van der Waals surface area contributed by atoms with Crippen molar-refractivity contribution in [2.75, 3.05) is 19.8 Å². The van der Waals surface area contributed by atoms with Gasteiger partial charge >= 0.3 is 17.9 Å². The highest BCUT2D eigenvalue weighted by molar-refractivity contribution is 5.87. The summed E-state index contributed by atoms with van der Waals surface area (Å²) in [7, 11) is 0. The monoisotopic (exact) mass is 462 g/mol. The first-order valence-electron chi connectivity index (χ1n) is 10.4. The lowest BCUT2D eigenvalue weighted by Crippen LogP contribution is -2.16. The van der Waals surface area contributed by atoms with Crippen LogP contribution in [0.2, 0.25) is 0 Å². The van der Waals surface area contributed by atoms with E-state index in [4.69, 9.17) is 18.9 Å². The fourth-order valence-corrected chi connectivity index (χ4v) is 1.78. The molecule has 0 radical (unpaired) electrons. The van der Waals surface area contributed by atoms with E-state index in [0.717, 1.165) is 11.6 Å². The van der Waals surface area contributed by atoms with Gasteiger partial charge in [-0.15, -0.1) is 0 Å². The van der Waals surface area contributed by atoms with E-state index in [1.54, 1.807) is 20.8 Å². The summed E-state index contributed by atoms with van der Waals surface area (Å²) < 4.78 is 24.1. The van der Waals surface area contributed by atoms with Crippen LogP contribution in [0.15, 0.2) is 67.3 Å². The molecule has 1 heterocycles. The largest absolute Gasteiger partial charge is 0.459 e. The smallest absolute Gasteiger partial charge is 0.333 e. The molecule has 0 spiro atoms. The zero-order chi connectivity index (χ0) is 25.2. The Hall–Kier alpha value is -3.23. The van der Waals surface area contributed by atoms with Crippen molar-refractivity contribution in [2.24, 2.45) is 0 Å². The van der Waals surface area contributed by atoms with Gasteiger partial charge in [0.2, 0.25) is 0 Å². The SMILES string of the molecule is C=C(C)C(=O)OCC1CO1.C=C(C)C(=O)OCc1ccccc1.C=CC(=O)OC(C)OCC. The van der Waals surface area contributed by atoms with Crippen LogP contribution >= 0.6 is 0 Å². The van der Waals surface area contributed by atoms with Crippen molar-refractivity contribution >= 4 is 17.9 Å². The number of ether oxygens (including phenoxy) is 5. The first-order chi connectivity index (χ1) is 15.6. The van der Waals surface area contributed by atoms with Crippen molar-refractivity contribution < 1.29 is 38.1 Å². The van der Waals surface area contributed by atoms with Gasteiger partial charge in [-0.3, -0.25) is 0 Å². The van der Waals surface area contributed by atoms with Crippen LogP contribution in [0.1, 0.15) is 33.3 Å². The van der Waals surface area contributed by atoms with E-state index >= 15 is 0 Å². The van der Waals surface area contributed by atoms with Gasteiger partial charge in [-0.1, -0.05) is 50.1 Å². The number of epoxide rings is 1. The minimum absolute atomic E-state index is 0.142. The Labute approximate surface area is 195 Å². The van der Waals surface area contributed by atoms with Crippen LogP contribution < -0.4 is 0 Å². The van der Waals surface area contributed by atoms with Crippen molar-refractivity contribution in [1.82, 2.24) is 0 Å². The molecule has 0 aromatic heterocycles. The molecular formula is C25H34O8. The van der Waals surface area contributed by atoms with Crippen LogP contribution in [0.25, 0.3) is 0 Å². The van der Waals surface area contributed by atoms with Crippen LogP contribution in [0.3, 0.4) is 0 Å². The van der Waals surface area contributed by atoms with E-state index in [2.05, 4.69) is 24.5 Å². The summed E-state index contributed by atoms with van der Waals surface area (Å²) in [6, 6.07) is 9.55. The fraction of sp³-hybridized carbons (Fsp3) is 0.400. The third-order valence-electron chi connectivity index (χ3n) is 3.56. The molecule has 1 aromatic rings. The molecule has 182 valence electrons. The lowest BCUT2D eigenvalue weighted by atomic mass is 10.2. The highest BCUT2D eigenvalue weighted by Gasteiger charge is 2.24. The van der Waals surface area contributed by atoms with Crippen LogP contribution in [0.5, 0.6) is 0 Å². The third-order valence-corrected chi connectivity index (χ3v) is 3.56. The molecule has 2 atom stereocenters. The lowest BCUT2D eigenvalue weighted by Gasteiger charge is -2.10. The average Bonchev–Trinajstić information content (AvgIpc) is 3.61. The standard InChI is InChI=1S/C11H12O2.C7H10O3.C7H12O3/c1-9(2)11(12)13-8-10-6-4-3-5-7-10;1-5(2)7(8)10-4-6-3-9-6;1-4-7(8)10-6(3)9-5-2/h3-7H,1,8H2,2H3;6H,1,3-4H2,2H3;4,6H,1,5H2,2-3H3. The lowest BCUT2D eigenvalue weighted by molar-refractivity contribution is -0.167. The second-order valence-corrected chi connectivity index (χ2v) is 6.84. The first kappa shape index (κ1) is 29.8. The highest BCUT2D eigenvalue weighted by Crippen LogP contribution is 2.09. The summed E-state index contributed by atoms with van der Waals surface area (Å²) in [5.41, 5.74) is 1.84. The zero-order valence-electron chi connectivity index (χ0n) is 19.8. The summed E-state index contributed by atoms with van der Waals surface area (Å²) in [5, 5.41) is 0. The van der Waals surface area contributed by atoms with Crippen LogP contribution in [-0.2, 0) is 44.7 Å². The van der Waals surface area contributed by atoms with Crippen molar-refractivity contribution in [3.63, 3.8) is 0 Å². The van der Waals surface area contributed by atoms with Crippen molar-refractivity contribution in [2.45, 2.75) is 46.7 Å². The maximum absolute atomic E-state index is 11.0. The first-order valence-corrected chi connectivity index (χ1v) is 10.4. The normalized spacial score (nSPS) is 14.0. The molecule has 0 aliphatic carbocycles. The number of esters is 3. The predicted octanol–water partition coefficient (Wildman–Crippen LogP) is 3.91. The summed E-state index contributed by atoms with van der Waals surface area (Å²) in [6.07, 6.45) is 0.772. The van der Waals surface area contributed by atoms with E-state index in [1.807, 2.05) is 37.3 Å². The van der Waals surface area contributed by atoms with Gasteiger partial charge in [0.05, 0.1) is 6.61 Å². The average molecular weight is 463 g/mol. The minimum Gasteiger partial charge on any atom is -0.459 e. The summed E-state index contributed by atoms with van der Waals surface area (Å²) in [6.45, 7) is 18.8. The summed E-state index contributed by atoms with van der Waals surface area (Å²) >= 11 is 0. The minimum atomic E-state index is -0.476. The molecule has 2 unspecified atom stereocenters. The second-order valence-electron chi connectivity index (χ2n) is 6.84. The Morgan fingerprint density at radius 1 is 1.09 bits per heavy atom. The van der Waals surface area contributed by atoms with Crippen molar-refractivity contribution in [3.05, 3.63) is 72.9 Å². The number of carbonyl (C=O) groups excluding carboxylic acids is 3. The molecule has 2 rings (SSSR count). The van der Waals surface area contributed by atoms with Gasteiger partial charge in [0, 0.05) is 23.8 Å². The van der Waals surface area contributed by atoms with E-state index in [1.165, 1.54) is 0 Å². The predicted molar refractivity (Wildman–Crippen MR) is 124 cm³/mol. The van der Waals surface area contributed by atoms with E-state index in [0.29, 0.717) is 37.6 Å². The van der Waals surface area contributed by atoms with Gasteiger partial charge < -0.3 is 23.7 Å². The number of rotatable bonds is 10. The van der Waals surface area contributed by atoms with E-state index < -0.39 is 12.3 Å². The quantitative estimate of drug-likeness (QED) is 0.170. The number of hydrogen-bond donors (Lipinski definition) is 0. The van der Waals surface area contributed by atoms with Crippen LogP contribution in [0, 0.1) is 0 Å². The molecule has 0 saturated carbocycles. The molecule has 33 heavy (non-hydrogen) atoms. The highest BCUT2D eigenvalue weighted by atomic mass is 16.7. The number of hydrogen-bond acceptors (Lipinski definition) is 8. The summed E-state index contributed by atoms with van der Waals surface area (Å²) in [4.78, 5) is 32.2. The fourth-order valence-electron chi connectivity index (χ4n) is 1.78. The molecule has 8 heteroatoms. The molecule has 0 amide bonds. The van der Waals surface area contributed by atoms with Gasteiger partial charge in [0.1, 0.15) is 19.3 Å². The van der Waals surface area contributed by atoms with Crippen LogP contribution in [0.4, 0.5) is 0 Å². The van der Waals surface area contributed by atoms with Gasteiger partial charge in [-0.25, -0.2) is 14.4 Å². The molecule has 1 saturated heterocycles. The zero-order valence-corrected chi connectivity index (χ0v) is 19.8. The van der Waals surface area contributed by atoms with Crippen molar-refractivity contribution in [1.29, 1.82) is 0 Å². The molecule has 1 fully saturated rings. The molecule has 1 aliphatic heterocycles. The van der Waals surface area contributed by atoms with Gasteiger partial charge in [0.25, 0.3) is 0 Å². The topological polar surface area (TPSA) is 101 Å². The Kier molecular flexibility index (Phi) is 15.6. The van der Waals surface area contributed by atoms with Crippen LogP contribution in [-0.4, -0.2) is 50.1 Å². The molecule has 0 N–H and O–H groups in total. The Bertz CT molecular complexity index is 781. The third kappa shape index (κ3) is 17.1.